The Morgan fingerprint density at radius 2 is 0.536 bits per heavy atom. The second-order valence-corrected chi connectivity index (χ2v) is 20.2. The number of ether oxygens (including phenoxy) is 3. The number of hydrogen-bond donors (Lipinski definition) is 0. The van der Waals surface area contributed by atoms with E-state index in [2.05, 4.69) is 69.4 Å². The van der Waals surface area contributed by atoms with Gasteiger partial charge in [0.1, 0.15) is 13.2 Å². The summed E-state index contributed by atoms with van der Waals surface area (Å²) in [6.45, 7) is 6.60. The third kappa shape index (κ3) is 56.2. The Morgan fingerprint density at radius 1 is 0.290 bits per heavy atom. The Morgan fingerprint density at radius 3 is 0.884 bits per heavy atom. The van der Waals surface area contributed by atoms with Crippen molar-refractivity contribution in [2.24, 2.45) is 0 Å². The fraction of sp³-hybridized carbons (Fsp3) is 0.825. The molecule has 0 bridgehead atoms. The SMILES string of the molecule is CCCC/C=C\CCCCCCCC(=O)OCC(COC(=O)CCCCCCCCCCC/C=C\CCCCCCCCCC)OC(=O)CCCCCCCCCCC/C=C\C/C=C\CCCCC. The minimum absolute atomic E-state index is 0.0768. The highest BCUT2D eigenvalue weighted by Crippen LogP contribution is 2.16. The third-order valence-corrected chi connectivity index (χ3v) is 13.3. The average molecular weight is 968 g/mol. The van der Waals surface area contributed by atoms with Gasteiger partial charge in [0.25, 0.3) is 0 Å². The molecule has 0 heterocycles. The largest absolute Gasteiger partial charge is 0.462 e. The molecule has 0 aromatic heterocycles. The van der Waals surface area contributed by atoms with Gasteiger partial charge in [0, 0.05) is 19.3 Å². The van der Waals surface area contributed by atoms with Gasteiger partial charge in [0.15, 0.2) is 6.10 Å². The average Bonchev–Trinajstić information content (AvgIpc) is 3.35. The van der Waals surface area contributed by atoms with Gasteiger partial charge in [-0.3, -0.25) is 14.4 Å². The second-order valence-electron chi connectivity index (χ2n) is 20.2. The van der Waals surface area contributed by atoms with Crippen molar-refractivity contribution in [2.75, 3.05) is 13.2 Å². The first-order valence-electron chi connectivity index (χ1n) is 30.1. The van der Waals surface area contributed by atoms with E-state index in [4.69, 9.17) is 14.2 Å². The predicted octanol–water partition coefficient (Wildman–Crippen LogP) is 20.2. The zero-order valence-corrected chi connectivity index (χ0v) is 46.1. The molecule has 0 radical (unpaired) electrons. The first-order valence-corrected chi connectivity index (χ1v) is 30.1. The van der Waals surface area contributed by atoms with Crippen LogP contribution in [0.3, 0.4) is 0 Å². The molecule has 402 valence electrons. The van der Waals surface area contributed by atoms with Crippen LogP contribution in [0, 0.1) is 0 Å². The van der Waals surface area contributed by atoms with E-state index in [0.717, 1.165) is 70.6 Å². The van der Waals surface area contributed by atoms with Gasteiger partial charge in [-0.2, -0.15) is 0 Å². The van der Waals surface area contributed by atoms with Crippen LogP contribution in [0.2, 0.25) is 0 Å². The maximum Gasteiger partial charge on any atom is 0.306 e. The molecule has 0 spiro atoms. The van der Waals surface area contributed by atoms with Gasteiger partial charge in [-0.15, -0.1) is 0 Å². The molecule has 1 atom stereocenters. The molecule has 0 saturated heterocycles. The molecule has 0 N–H and O–H groups in total. The summed E-state index contributed by atoms with van der Waals surface area (Å²) in [6.07, 6.45) is 71.1. The van der Waals surface area contributed by atoms with E-state index in [-0.39, 0.29) is 31.1 Å². The van der Waals surface area contributed by atoms with Gasteiger partial charge in [0.05, 0.1) is 0 Å². The highest BCUT2D eigenvalue weighted by Gasteiger charge is 2.19. The van der Waals surface area contributed by atoms with Crippen LogP contribution in [-0.2, 0) is 28.6 Å². The standard InChI is InChI=1S/C63H114O6/c1-4-7-10-13-16-19-22-24-26-28-30-31-33-34-36-38-41-44-47-50-53-56-62(65)68-59-60(58-67-61(64)55-52-49-46-43-40-21-18-15-12-9-6-3)69-63(66)57-54-51-48-45-42-39-37-35-32-29-27-25-23-20-17-14-11-8-5-2/h15,17-18,20,25,27-28,30,60H,4-14,16,19,21-24,26,29,31-59H2,1-3H3/b18-15-,20-17-,27-25-,30-28-. The molecule has 0 aliphatic carbocycles. The highest BCUT2D eigenvalue weighted by molar-refractivity contribution is 5.71. The molecule has 0 aliphatic rings. The van der Waals surface area contributed by atoms with Crippen molar-refractivity contribution in [1.29, 1.82) is 0 Å². The van der Waals surface area contributed by atoms with Crippen LogP contribution in [0.15, 0.2) is 48.6 Å². The number of unbranched alkanes of at least 4 members (excludes halogenated alkanes) is 36. The van der Waals surface area contributed by atoms with Crippen molar-refractivity contribution >= 4 is 17.9 Å². The fourth-order valence-corrected chi connectivity index (χ4v) is 8.69. The van der Waals surface area contributed by atoms with E-state index in [9.17, 15) is 14.4 Å². The monoisotopic (exact) mass is 967 g/mol. The van der Waals surface area contributed by atoms with E-state index in [0.29, 0.717) is 19.3 Å². The molecule has 6 nitrogen and oxygen atoms in total. The number of allylic oxidation sites excluding steroid dienone is 8. The lowest BCUT2D eigenvalue weighted by atomic mass is 10.1. The summed E-state index contributed by atoms with van der Waals surface area (Å²) in [5.41, 5.74) is 0. The van der Waals surface area contributed by atoms with E-state index in [1.165, 1.54) is 205 Å². The van der Waals surface area contributed by atoms with Gasteiger partial charge in [-0.1, -0.05) is 249 Å². The Hall–Kier alpha value is -2.63. The molecule has 0 saturated carbocycles. The van der Waals surface area contributed by atoms with Gasteiger partial charge < -0.3 is 14.2 Å². The number of carbonyl (C=O) groups is 3. The fourth-order valence-electron chi connectivity index (χ4n) is 8.69. The summed E-state index contributed by atoms with van der Waals surface area (Å²) in [7, 11) is 0. The number of esters is 3. The molecule has 1 unspecified atom stereocenters. The molecule has 69 heavy (non-hydrogen) atoms. The van der Waals surface area contributed by atoms with Crippen molar-refractivity contribution in [3.63, 3.8) is 0 Å². The normalized spacial score (nSPS) is 12.3. The molecular formula is C63H114O6. The van der Waals surface area contributed by atoms with Gasteiger partial charge >= 0.3 is 17.9 Å². The van der Waals surface area contributed by atoms with Crippen LogP contribution >= 0.6 is 0 Å². The number of rotatable bonds is 55. The Kier molecular flexibility index (Phi) is 55.7. The molecular weight excluding hydrogens is 853 g/mol. The first kappa shape index (κ1) is 66.4. The van der Waals surface area contributed by atoms with Crippen LogP contribution in [0.5, 0.6) is 0 Å². The predicted molar refractivity (Wildman–Crippen MR) is 298 cm³/mol. The summed E-state index contributed by atoms with van der Waals surface area (Å²) >= 11 is 0. The second kappa shape index (κ2) is 57.9. The van der Waals surface area contributed by atoms with Crippen molar-refractivity contribution < 1.29 is 28.6 Å². The quantitative estimate of drug-likeness (QED) is 0.0262. The van der Waals surface area contributed by atoms with E-state index < -0.39 is 6.10 Å². The van der Waals surface area contributed by atoms with Crippen LogP contribution in [0.25, 0.3) is 0 Å². The number of carbonyl (C=O) groups excluding carboxylic acids is 3. The molecule has 0 aliphatic heterocycles. The lowest BCUT2D eigenvalue weighted by molar-refractivity contribution is -0.167. The zero-order valence-electron chi connectivity index (χ0n) is 46.1. The third-order valence-electron chi connectivity index (χ3n) is 13.3. The molecule has 0 aromatic rings. The summed E-state index contributed by atoms with van der Waals surface area (Å²) in [4.78, 5) is 38.2. The Balaban J connectivity index is 4.29. The minimum Gasteiger partial charge on any atom is -0.462 e. The van der Waals surface area contributed by atoms with Gasteiger partial charge in [0.2, 0.25) is 0 Å². The lowest BCUT2D eigenvalue weighted by Crippen LogP contribution is -2.30. The summed E-state index contributed by atoms with van der Waals surface area (Å²) < 4.78 is 16.9. The van der Waals surface area contributed by atoms with E-state index >= 15 is 0 Å². The summed E-state index contributed by atoms with van der Waals surface area (Å²) in [5, 5.41) is 0. The summed E-state index contributed by atoms with van der Waals surface area (Å²) in [6, 6.07) is 0. The van der Waals surface area contributed by atoms with E-state index in [1.807, 2.05) is 0 Å². The van der Waals surface area contributed by atoms with Crippen molar-refractivity contribution in [3.8, 4) is 0 Å². The van der Waals surface area contributed by atoms with E-state index in [1.54, 1.807) is 0 Å². The zero-order chi connectivity index (χ0) is 50.0. The first-order chi connectivity index (χ1) is 34.0. The van der Waals surface area contributed by atoms with Gasteiger partial charge in [-0.05, 0) is 96.3 Å². The lowest BCUT2D eigenvalue weighted by Gasteiger charge is -2.18. The topological polar surface area (TPSA) is 78.9 Å². The van der Waals surface area contributed by atoms with Crippen molar-refractivity contribution in [3.05, 3.63) is 48.6 Å². The molecule has 0 amide bonds. The maximum atomic E-state index is 12.9. The Bertz CT molecular complexity index is 1200. The smallest absolute Gasteiger partial charge is 0.306 e. The van der Waals surface area contributed by atoms with Crippen molar-refractivity contribution in [2.45, 2.75) is 322 Å². The van der Waals surface area contributed by atoms with Crippen LogP contribution in [0.4, 0.5) is 0 Å². The van der Waals surface area contributed by atoms with Crippen LogP contribution < -0.4 is 0 Å². The minimum atomic E-state index is -0.779. The molecule has 0 aromatic carbocycles. The van der Waals surface area contributed by atoms with Crippen LogP contribution in [-0.4, -0.2) is 37.2 Å². The molecule has 0 fully saturated rings. The Labute approximate surface area is 428 Å². The molecule has 0 rings (SSSR count). The maximum absolute atomic E-state index is 12.9. The molecule has 6 heteroatoms. The van der Waals surface area contributed by atoms with Gasteiger partial charge in [-0.25, -0.2) is 0 Å². The number of hydrogen-bond acceptors (Lipinski definition) is 6. The summed E-state index contributed by atoms with van der Waals surface area (Å²) in [5.74, 6) is -0.879. The van der Waals surface area contributed by atoms with Crippen LogP contribution in [0.1, 0.15) is 316 Å². The van der Waals surface area contributed by atoms with Crippen molar-refractivity contribution in [1.82, 2.24) is 0 Å². The highest BCUT2D eigenvalue weighted by atomic mass is 16.6.